The Morgan fingerprint density at radius 1 is 0.615 bits per heavy atom. The highest BCUT2D eigenvalue weighted by Crippen LogP contribution is 2.14. The van der Waals surface area contributed by atoms with Crippen molar-refractivity contribution in [2.24, 2.45) is 0 Å². The van der Waals surface area contributed by atoms with Crippen molar-refractivity contribution in [1.82, 2.24) is 0 Å². The third kappa shape index (κ3) is 4.30. The molecular formula is C20H14F2N2O2. The Hall–Kier alpha value is -3.54. The van der Waals surface area contributed by atoms with Crippen molar-refractivity contribution in [2.45, 2.75) is 0 Å². The number of benzene rings is 3. The molecule has 0 aromatic heterocycles. The normalized spacial score (nSPS) is 10.2. The van der Waals surface area contributed by atoms with Crippen molar-refractivity contribution in [2.75, 3.05) is 10.6 Å². The molecule has 4 nitrogen and oxygen atoms in total. The maximum atomic E-state index is 13.1. The number of anilines is 2. The van der Waals surface area contributed by atoms with E-state index in [-0.39, 0.29) is 5.91 Å². The van der Waals surface area contributed by atoms with E-state index in [1.165, 1.54) is 66.7 Å². The maximum Gasteiger partial charge on any atom is 0.255 e. The van der Waals surface area contributed by atoms with Gasteiger partial charge in [0.2, 0.25) is 0 Å². The molecule has 0 spiro atoms. The van der Waals surface area contributed by atoms with Crippen LogP contribution in [0.5, 0.6) is 0 Å². The number of rotatable bonds is 4. The second kappa shape index (κ2) is 7.57. The van der Waals surface area contributed by atoms with Gasteiger partial charge in [0.05, 0.1) is 0 Å². The molecule has 0 aliphatic carbocycles. The van der Waals surface area contributed by atoms with E-state index in [0.717, 1.165) is 0 Å². The Morgan fingerprint density at radius 2 is 1.15 bits per heavy atom. The summed E-state index contributed by atoms with van der Waals surface area (Å²) in [6, 6.07) is 16.9. The summed E-state index contributed by atoms with van der Waals surface area (Å²) in [4.78, 5) is 24.3. The molecule has 26 heavy (non-hydrogen) atoms. The van der Waals surface area contributed by atoms with E-state index >= 15 is 0 Å². The van der Waals surface area contributed by atoms with E-state index < -0.39 is 17.5 Å². The molecule has 3 aromatic carbocycles. The molecule has 0 aliphatic heterocycles. The summed E-state index contributed by atoms with van der Waals surface area (Å²) in [6.45, 7) is 0. The van der Waals surface area contributed by atoms with Crippen LogP contribution in [0.1, 0.15) is 20.7 Å². The number of halogens is 2. The van der Waals surface area contributed by atoms with E-state index in [2.05, 4.69) is 10.6 Å². The van der Waals surface area contributed by atoms with Crippen LogP contribution in [-0.4, -0.2) is 11.8 Å². The fourth-order valence-corrected chi connectivity index (χ4v) is 2.28. The first-order chi connectivity index (χ1) is 12.5. The fourth-order valence-electron chi connectivity index (χ4n) is 2.28. The average molecular weight is 352 g/mol. The van der Waals surface area contributed by atoms with Crippen LogP contribution in [-0.2, 0) is 0 Å². The van der Waals surface area contributed by atoms with Gasteiger partial charge < -0.3 is 10.6 Å². The predicted molar refractivity (Wildman–Crippen MR) is 95.1 cm³/mol. The third-order valence-electron chi connectivity index (χ3n) is 3.59. The predicted octanol–water partition coefficient (Wildman–Crippen LogP) is 4.47. The number of carbonyl (C=O) groups excluding carboxylic acids is 2. The summed E-state index contributed by atoms with van der Waals surface area (Å²) >= 11 is 0. The molecule has 6 heteroatoms. The molecule has 3 rings (SSSR count). The van der Waals surface area contributed by atoms with Gasteiger partial charge in [-0.3, -0.25) is 9.59 Å². The lowest BCUT2D eigenvalue weighted by atomic mass is 10.1. The molecule has 0 bridgehead atoms. The molecular weight excluding hydrogens is 338 g/mol. The van der Waals surface area contributed by atoms with Crippen LogP contribution in [0.2, 0.25) is 0 Å². The quantitative estimate of drug-likeness (QED) is 0.728. The summed E-state index contributed by atoms with van der Waals surface area (Å²) in [7, 11) is 0. The SMILES string of the molecule is O=C(Nc1ccc(F)cc1)c1ccc(C(=O)Nc2cccc(F)c2)cc1. The van der Waals surface area contributed by atoms with Gasteiger partial charge in [-0.25, -0.2) is 8.78 Å². The Bertz CT molecular complexity index is 939. The number of amides is 2. The minimum absolute atomic E-state index is 0.326. The van der Waals surface area contributed by atoms with Crippen LogP contribution in [0, 0.1) is 11.6 Å². The molecule has 0 heterocycles. The van der Waals surface area contributed by atoms with Crippen LogP contribution in [0.3, 0.4) is 0 Å². The first kappa shape index (κ1) is 17.3. The zero-order valence-corrected chi connectivity index (χ0v) is 13.5. The first-order valence-electron chi connectivity index (χ1n) is 7.75. The van der Waals surface area contributed by atoms with E-state index in [0.29, 0.717) is 22.5 Å². The van der Waals surface area contributed by atoms with E-state index in [4.69, 9.17) is 0 Å². The van der Waals surface area contributed by atoms with Crippen molar-refractivity contribution >= 4 is 23.2 Å². The lowest BCUT2D eigenvalue weighted by molar-refractivity contribution is 0.101. The lowest BCUT2D eigenvalue weighted by Gasteiger charge is -2.07. The number of hydrogen-bond acceptors (Lipinski definition) is 2. The second-order valence-electron chi connectivity index (χ2n) is 5.50. The summed E-state index contributed by atoms with van der Waals surface area (Å²) < 4.78 is 26.0. The summed E-state index contributed by atoms with van der Waals surface area (Å²) in [5, 5.41) is 5.21. The number of hydrogen-bond donors (Lipinski definition) is 2. The zero-order valence-electron chi connectivity index (χ0n) is 13.5. The van der Waals surface area contributed by atoms with Gasteiger partial charge in [-0.15, -0.1) is 0 Å². The molecule has 0 atom stereocenters. The maximum absolute atomic E-state index is 13.1. The molecule has 0 aliphatic rings. The van der Waals surface area contributed by atoms with Crippen LogP contribution in [0.15, 0.2) is 72.8 Å². The Kier molecular flexibility index (Phi) is 5.03. The fraction of sp³-hybridized carbons (Fsp3) is 0. The van der Waals surface area contributed by atoms with E-state index in [1.54, 1.807) is 6.07 Å². The minimum Gasteiger partial charge on any atom is -0.322 e. The Labute approximate surface area is 148 Å². The molecule has 0 radical (unpaired) electrons. The first-order valence-corrected chi connectivity index (χ1v) is 7.75. The van der Waals surface area contributed by atoms with Crippen LogP contribution in [0.25, 0.3) is 0 Å². The van der Waals surface area contributed by atoms with E-state index in [1.807, 2.05) is 0 Å². The second-order valence-corrected chi connectivity index (χ2v) is 5.50. The number of nitrogens with one attached hydrogen (secondary N) is 2. The summed E-state index contributed by atoms with van der Waals surface area (Å²) in [5.41, 5.74) is 1.47. The van der Waals surface area contributed by atoms with Crippen LogP contribution >= 0.6 is 0 Å². The highest BCUT2D eigenvalue weighted by molar-refractivity contribution is 6.07. The topological polar surface area (TPSA) is 58.2 Å². The van der Waals surface area contributed by atoms with Crippen molar-refractivity contribution in [3.63, 3.8) is 0 Å². The molecule has 0 fully saturated rings. The van der Waals surface area contributed by atoms with E-state index in [9.17, 15) is 18.4 Å². The Balaban J connectivity index is 1.66. The van der Waals surface area contributed by atoms with Crippen molar-refractivity contribution in [1.29, 1.82) is 0 Å². The summed E-state index contributed by atoms with van der Waals surface area (Å²) in [5.74, 6) is -1.64. The molecule has 3 aromatic rings. The molecule has 130 valence electrons. The lowest BCUT2D eigenvalue weighted by Crippen LogP contribution is -2.14. The van der Waals surface area contributed by atoms with Crippen molar-refractivity contribution < 1.29 is 18.4 Å². The van der Waals surface area contributed by atoms with Gasteiger partial charge in [-0.1, -0.05) is 6.07 Å². The van der Waals surface area contributed by atoms with Crippen LogP contribution in [0.4, 0.5) is 20.2 Å². The van der Waals surface area contributed by atoms with Gasteiger partial charge in [0.1, 0.15) is 11.6 Å². The molecule has 2 amide bonds. The molecule has 0 unspecified atom stereocenters. The summed E-state index contributed by atoms with van der Waals surface area (Å²) in [6.07, 6.45) is 0. The average Bonchev–Trinajstić information content (AvgIpc) is 2.64. The highest BCUT2D eigenvalue weighted by Gasteiger charge is 2.10. The molecule has 0 saturated heterocycles. The van der Waals surface area contributed by atoms with Gasteiger partial charge in [0.25, 0.3) is 11.8 Å². The standard InChI is InChI=1S/C20H14F2N2O2/c21-15-8-10-17(11-9-15)23-19(25)13-4-6-14(7-5-13)20(26)24-18-3-1-2-16(22)12-18/h1-12H,(H,23,25)(H,24,26). The molecule has 0 saturated carbocycles. The Morgan fingerprint density at radius 3 is 1.69 bits per heavy atom. The largest absolute Gasteiger partial charge is 0.322 e. The minimum atomic E-state index is -0.449. The molecule has 2 N–H and O–H groups in total. The zero-order chi connectivity index (χ0) is 18.5. The smallest absolute Gasteiger partial charge is 0.255 e. The monoisotopic (exact) mass is 352 g/mol. The van der Waals surface area contributed by atoms with Gasteiger partial charge in [0, 0.05) is 22.5 Å². The number of carbonyl (C=O) groups is 2. The third-order valence-corrected chi connectivity index (χ3v) is 3.59. The highest BCUT2D eigenvalue weighted by atomic mass is 19.1. The van der Waals surface area contributed by atoms with Gasteiger partial charge in [-0.2, -0.15) is 0 Å². The van der Waals surface area contributed by atoms with Crippen molar-refractivity contribution in [3.8, 4) is 0 Å². The van der Waals surface area contributed by atoms with Gasteiger partial charge in [-0.05, 0) is 66.7 Å². The van der Waals surface area contributed by atoms with Crippen molar-refractivity contribution in [3.05, 3.63) is 95.6 Å². The van der Waals surface area contributed by atoms with Gasteiger partial charge in [0.15, 0.2) is 0 Å². The van der Waals surface area contributed by atoms with Crippen LogP contribution < -0.4 is 10.6 Å². The van der Waals surface area contributed by atoms with Gasteiger partial charge >= 0.3 is 0 Å².